The molecular weight excluding hydrogens is 326 g/mol. The molecule has 0 aliphatic heterocycles. The number of hydrogen-bond acceptors (Lipinski definition) is 7. The predicted molar refractivity (Wildman–Crippen MR) is 94.3 cm³/mol. The third-order valence-corrected chi connectivity index (χ3v) is 3.18. The highest BCUT2D eigenvalue weighted by Crippen LogP contribution is 2.27. The SMILES string of the molecule is CCCOc1ccc(/C=N\Nc2nc(CC)cc(=O)[nH]2)cc1[N+](=O)[O-]. The quantitative estimate of drug-likeness (QED) is 0.430. The standard InChI is InChI=1S/C16H19N5O4/c1-3-7-25-14-6-5-11(8-13(14)21(23)24)10-17-20-16-18-12(4-2)9-15(22)19-16/h5-6,8-10H,3-4,7H2,1-2H3,(H2,18,19,20,22)/b17-10-. The number of rotatable bonds is 8. The Morgan fingerprint density at radius 3 is 2.88 bits per heavy atom. The van der Waals surface area contributed by atoms with E-state index in [9.17, 15) is 14.9 Å². The van der Waals surface area contributed by atoms with E-state index in [-0.39, 0.29) is 22.9 Å². The van der Waals surface area contributed by atoms with Gasteiger partial charge in [0.1, 0.15) is 0 Å². The van der Waals surface area contributed by atoms with Crippen LogP contribution in [0.15, 0.2) is 34.2 Å². The van der Waals surface area contributed by atoms with E-state index in [0.29, 0.717) is 24.3 Å². The largest absolute Gasteiger partial charge is 0.487 e. The van der Waals surface area contributed by atoms with Gasteiger partial charge in [-0.05, 0) is 25.0 Å². The van der Waals surface area contributed by atoms with Crippen molar-refractivity contribution in [2.45, 2.75) is 26.7 Å². The molecule has 0 spiro atoms. The molecule has 0 saturated carbocycles. The Hall–Kier alpha value is -3.23. The molecule has 9 heteroatoms. The molecule has 2 rings (SSSR count). The average molecular weight is 345 g/mol. The van der Waals surface area contributed by atoms with Crippen LogP contribution < -0.4 is 15.7 Å². The molecular formula is C16H19N5O4. The van der Waals surface area contributed by atoms with E-state index in [2.05, 4.69) is 20.5 Å². The third-order valence-electron chi connectivity index (χ3n) is 3.18. The highest BCUT2D eigenvalue weighted by Gasteiger charge is 2.15. The maximum absolute atomic E-state index is 11.5. The molecule has 0 saturated heterocycles. The molecule has 0 fully saturated rings. The number of aromatic amines is 1. The maximum Gasteiger partial charge on any atom is 0.311 e. The zero-order valence-electron chi connectivity index (χ0n) is 14.0. The van der Waals surface area contributed by atoms with Crippen LogP contribution in [-0.2, 0) is 6.42 Å². The van der Waals surface area contributed by atoms with E-state index < -0.39 is 4.92 Å². The minimum atomic E-state index is -0.500. The second-order valence-electron chi connectivity index (χ2n) is 5.14. The van der Waals surface area contributed by atoms with Crippen molar-refractivity contribution in [2.75, 3.05) is 12.0 Å². The molecule has 0 amide bonds. The molecule has 0 bridgehead atoms. The lowest BCUT2D eigenvalue weighted by molar-refractivity contribution is -0.385. The van der Waals surface area contributed by atoms with Crippen molar-refractivity contribution in [3.8, 4) is 5.75 Å². The van der Waals surface area contributed by atoms with Gasteiger partial charge in [-0.1, -0.05) is 13.8 Å². The number of hydrogen-bond donors (Lipinski definition) is 2. The number of hydrazone groups is 1. The van der Waals surface area contributed by atoms with Gasteiger partial charge < -0.3 is 4.74 Å². The van der Waals surface area contributed by atoms with Gasteiger partial charge in [0.05, 0.1) is 17.7 Å². The van der Waals surface area contributed by atoms with Crippen molar-refractivity contribution in [3.05, 3.63) is 56.0 Å². The van der Waals surface area contributed by atoms with Crippen molar-refractivity contribution in [1.29, 1.82) is 0 Å². The number of nitrogens with zero attached hydrogens (tertiary/aromatic N) is 3. The first-order valence-corrected chi connectivity index (χ1v) is 7.84. The summed E-state index contributed by atoms with van der Waals surface area (Å²) < 4.78 is 5.36. The van der Waals surface area contributed by atoms with Crippen molar-refractivity contribution in [3.63, 3.8) is 0 Å². The Kier molecular flexibility index (Phi) is 6.21. The van der Waals surface area contributed by atoms with Gasteiger partial charge in [-0.25, -0.2) is 10.4 Å². The van der Waals surface area contributed by atoms with Crippen LogP contribution in [0.2, 0.25) is 0 Å². The smallest absolute Gasteiger partial charge is 0.311 e. The molecule has 2 N–H and O–H groups in total. The van der Waals surface area contributed by atoms with Gasteiger partial charge in [0.25, 0.3) is 5.56 Å². The summed E-state index contributed by atoms with van der Waals surface area (Å²) in [6.07, 6.45) is 2.77. The summed E-state index contributed by atoms with van der Waals surface area (Å²) in [5, 5.41) is 15.1. The monoisotopic (exact) mass is 345 g/mol. The first-order valence-electron chi connectivity index (χ1n) is 7.84. The van der Waals surface area contributed by atoms with Gasteiger partial charge in [0.2, 0.25) is 5.95 Å². The number of ether oxygens (including phenoxy) is 1. The van der Waals surface area contributed by atoms with Gasteiger partial charge >= 0.3 is 5.69 Å². The minimum absolute atomic E-state index is 0.128. The average Bonchev–Trinajstić information content (AvgIpc) is 2.59. The summed E-state index contributed by atoms with van der Waals surface area (Å²) in [5.74, 6) is 0.427. The first-order chi connectivity index (χ1) is 12.0. The van der Waals surface area contributed by atoms with Crippen LogP contribution in [0.1, 0.15) is 31.5 Å². The number of benzene rings is 1. The Bertz CT molecular complexity index is 832. The molecule has 0 unspecified atom stereocenters. The highest BCUT2D eigenvalue weighted by molar-refractivity contribution is 5.82. The number of anilines is 1. The molecule has 0 atom stereocenters. The highest BCUT2D eigenvalue weighted by atomic mass is 16.6. The molecule has 0 aliphatic carbocycles. The van der Waals surface area contributed by atoms with E-state index in [0.717, 1.165) is 6.42 Å². The predicted octanol–water partition coefficient (Wildman–Crippen LogP) is 2.48. The van der Waals surface area contributed by atoms with E-state index in [1.54, 1.807) is 6.07 Å². The van der Waals surface area contributed by atoms with E-state index in [1.807, 2.05) is 13.8 Å². The summed E-state index contributed by atoms with van der Waals surface area (Å²) in [6, 6.07) is 5.97. The van der Waals surface area contributed by atoms with Crippen molar-refractivity contribution in [2.24, 2.45) is 5.10 Å². The fourth-order valence-corrected chi connectivity index (χ4v) is 2.00. The third kappa shape index (κ3) is 5.13. The molecule has 1 aromatic heterocycles. The van der Waals surface area contributed by atoms with Crippen LogP contribution in [-0.4, -0.2) is 27.7 Å². The van der Waals surface area contributed by atoms with Gasteiger partial charge in [0.15, 0.2) is 5.75 Å². The summed E-state index contributed by atoms with van der Waals surface area (Å²) in [4.78, 5) is 28.8. The lowest BCUT2D eigenvalue weighted by Gasteiger charge is -2.05. The lowest BCUT2D eigenvalue weighted by atomic mass is 10.2. The zero-order valence-corrected chi connectivity index (χ0v) is 14.0. The van der Waals surface area contributed by atoms with Crippen molar-refractivity contribution < 1.29 is 9.66 Å². The second kappa shape index (κ2) is 8.57. The fourth-order valence-electron chi connectivity index (χ4n) is 2.00. The summed E-state index contributed by atoms with van der Waals surface area (Å²) >= 11 is 0. The zero-order chi connectivity index (χ0) is 18.2. The number of nitro benzene ring substituents is 1. The van der Waals surface area contributed by atoms with Gasteiger partial charge in [0, 0.05) is 23.4 Å². The van der Waals surface area contributed by atoms with E-state index in [1.165, 1.54) is 24.4 Å². The molecule has 0 radical (unpaired) electrons. The second-order valence-corrected chi connectivity index (χ2v) is 5.14. The van der Waals surface area contributed by atoms with Gasteiger partial charge in [-0.2, -0.15) is 5.10 Å². The molecule has 132 valence electrons. The van der Waals surface area contributed by atoms with Crippen LogP contribution in [0.5, 0.6) is 5.75 Å². The Labute approximate surface area is 143 Å². The summed E-state index contributed by atoms with van der Waals surface area (Å²) in [7, 11) is 0. The number of aromatic nitrogens is 2. The van der Waals surface area contributed by atoms with Crippen LogP contribution >= 0.6 is 0 Å². The van der Waals surface area contributed by atoms with Crippen LogP contribution in [0, 0.1) is 10.1 Å². The fraction of sp³-hybridized carbons (Fsp3) is 0.312. The van der Waals surface area contributed by atoms with E-state index >= 15 is 0 Å². The lowest BCUT2D eigenvalue weighted by Crippen LogP contribution is -2.11. The van der Waals surface area contributed by atoms with Gasteiger partial charge in [-0.3, -0.25) is 19.9 Å². The normalized spacial score (nSPS) is 10.8. The molecule has 9 nitrogen and oxygen atoms in total. The molecule has 1 aromatic carbocycles. The van der Waals surface area contributed by atoms with Crippen molar-refractivity contribution in [1.82, 2.24) is 9.97 Å². The molecule has 0 aliphatic rings. The number of nitrogens with one attached hydrogen (secondary N) is 2. The van der Waals surface area contributed by atoms with E-state index in [4.69, 9.17) is 4.74 Å². The van der Waals surface area contributed by atoms with Crippen molar-refractivity contribution >= 4 is 17.9 Å². The van der Waals surface area contributed by atoms with Crippen LogP contribution in [0.25, 0.3) is 0 Å². The first kappa shape index (κ1) is 18.1. The Morgan fingerprint density at radius 1 is 1.40 bits per heavy atom. The molecule has 2 aromatic rings. The summed E-state index contributed by atoms with van der Waals surface area (Å²) in [5.41, 5.74) is 3.35. The van der Waals surface area contributed by atoms with Crippen LogP contribution in [0.3, 0.4) is 0 Å². The number of aryl methyl sites for hydroxylation is 1. The Morgan fingerprint density at radius 2 is 2.20 bits per heavy atom. The van der Waals surface area contributed by atoms with Gasteiger partial charge in [-0.15, -0.1) is 0 Å². The molecule has 1 heterocycles. The minimum Gasteiger partial charge on any atom is -0.487 e. The topological polar surface area (TPSA) is 123 Å². The van der Waals surface area contributed by atoms with Crippen LogP contribution in [0.4, 0.5) is 11.6 Å². The molecule has 25 heavy (non-hydrogen) atoms. The Balaban J connectivity index is 2.15. The maximum atomic E-state index is 11.5. The number of nitro groups is 1. The summed E-state index contributed by atoms with van der Waals surface area (Å²) in [6.45, 7) is 4.21. The number of H-pyrrole nitrogens is 1.